The van der Waals surface area contributed by atoms with Gasteiger partial charge in [0, 0.05) is 13.1 Å². The SMILES string of the molecule is CNC(C)N1CCC1. The van der Waals surface area contributed by atoms with Crippen LogP contribution in [0.4, 0.5) is 0 Å². The highest BCUT2D eigenvalue weighted by molar-refractivity contribution is 4.71. The van der Waals surface area contributed by atoms with E-state index >= 15 is 0 Å². The van der Waals surface area contributed by atoms with Gasteiger partial charge in [-0.25, -0.2) is 0 Å². The van der Waals surface area contributed by atoms with Gasteiger partial charge in [0.1, 0.15) is 0 Å². The average molecular weight is 114 g/mol. The molecule has 0 amide bonds. The summed E-state index contributed by atoms with van der Waals surface area (Å²) in [5, 5.41) is 3.19. The molecular formula is C6H14N2. The highest BCUT2D eigenvalue weighted by atomic mass is 15.3. The van der Waals surface area contributed by atoms with Gasteiger partial charge in [-0.1, -0.05) is 0 Å². The third-order valence-corrected chi connectivity index (χ3v) is 1.86. The Morgan fingerprint density at radius 3 is 2.25 bits per heavy atom. The van der Waals surface area contributed by atoms with Crippen LogP contribution < -0.4 is 5.32 Å². The molecule has 1 rings (SSSR count). The fourth-order valence-electron chi connectivity index (χ4n) is 0.911. The first-order chi connectivity index (χ1) is 3.84. The van der Waals surface area contributed by atoms with Crippen LogP contribution in [0, 0.1) is 0 Å². The summed E-state index contributed by atoms with van der Waals surface area (Å²) in [6.45, 7) is 4.75. The van der Waals surface area contributed by atoms with Crippen LogP contribution in [0.5, 0.6) is 0 Å². The van der Waals surface area contributed by atoms with Crippen LogP contribution in [-0.4, -0.2) is 31.2 Å². The molecule has 1 saturated heterocycles. The summed E-state index contributed by atoms with van der Waals surface area (Å²) in [4.78, 5) is 2.42. The molecule has 1 heterocycles. The topological polar surface area (TPSA) is 15.3 Å². The zero-order valence-corrected chi connectivity index (χ0v) is 5.65. The van der Waals surface area contributed by atoms with E-state index in [-0.39, 0.29) is 0 Å². The molecule has 0 aromatic carbocycles. The Hall–Kier alpha value is -0.0800. The van der Waals surface area contributed by atoms with Crippen LogP contribution >= 0.6 is 0 Å². The summed E-state index contributed by atoms with van der Waals surface area (Å²) in [5.74, 6) is 0. The van der Waals surface area contributed by atoms with Gasteiger partial charge >= 0.3 is 0 Å². The molecule has 0 aromatic heterocycles. The lowest BCUT2D eigenvalue weighted by Crippen LogP contribution is -2.49. The van der Waals surface area contributed by atoms with Gasteiger partial charge in [0.05, 0.1) is 6.17 Å². The van der Waals surface area contributed by atoms with Gasteiger partial charge in [0.25, 0.3) is 0 Å². The van der Waals surface area contributed by atoms with Gasteiger partial charge in [0.15, 0.2) is 0 Å². The summed E-state index contributed by atoms with van der Waals surface area (Å²) in [7, 11) is 2.00. The lowest BCUT2D eigenvalue weighted by molar-refractivity contribution is 0.112. The molecule has 1 aliphatic heterocycles. The monoisotopic (exact) mass is 114 g/mol. The maximum atomic E-state index is 3.19. The van der Waals surface area contributed by atoms with E-state index in [1.165, 1.54) is 19.5 Å². The van der Waals surface area contributed by atoms with Crippen LogP contribution in [-0.2, 0) is 0 Å². The van der Waals surface area contributed by atoms with Gasteiger partial charge in [-0.3, -0.25) is 4.90 Å². The third-order valence-electron chi connectivity index (χ3n) is 1.86. The maximum Gasteiger partial charge on any atom is 0.0565 e. The molecule has 1 aliphatic rings. The van der Waals surface area contributed by atoms with Gasteiger partial charge in [-0.05, 0) is 20.4 Å². The molecule has 1 atom stereocenters. The Morgan fingerprint density at radius 1 is 1.50 bits per heavy atom. The van der Waals surface area contributed by atoms with Crippen LogP contribution in [0.1, 0.15) is 13.3 Å². The predicted octanol–water partition coefficient (Wildman–Crippen LogP) is 0.257. The summed E-state index contributed by atoms with van der Waals surface area (Å²) in [6.07, 6.45) is 1.97. The number of nitrogens with one attached hydrogen (secondary N) is 1. The summed E-state index contributed by atoms with van der Waals surface area (Å²) >= 11 is 0. The average Bonchev–Trinajstić information content (AvgIpc) is 1.62. The number of hydrogen-bond donors (Lipinski definition) is 1. The maximum absolute atomic E-state index is 3.19. The standard InChI is InChI=1S/C6H14N2/c1-6(7-2)8-4-3-5-8/h6-7H,3-5H2,1-2H3. The van der Waals surface area contributed by atoms with Crippen molar-refractivity contribution in [2.45, 2.75) is 19.5 Å². The quantitative estimate of drug-likeness (QED) is 0.554. The van der Waals surface area contributed by atoms with Gasteiger partial charge < -0.3 is 5.32 Å². The second kappa shape index (κ2) is 2.46. The van der Waals surface area contributed by atoms with Crippen molar-refractivity contribution in [3.63, 3.8) is 0 Å². The van der Waals surface area contributed by atoms with Crippen molar-refractivity contribution in [3.8, 4) is 0 Å². The van der Waals surface area contributed by atoms with Crippen molar-refractivity contribution in [2.24, 2.45) is 0 Å². The van der Waals surface area contributed by atoms with Crippen molar-refractivity contribution in [1.29, 1.82) is 0 Å². The number of nitrogens with zero attached hydrogens (tertiary/aromatic N) is 1. The smallest absolute Gasteiger partial charge is 0.0565 e. The van der Waals surface area contributed by atoms with Gasteiger partial charge in [0.2, 0.25) is 0 Å². The Kier molecular flexibility index (Phi) is 1.86. The summed E-state index contributed by atoms with van der Waals surface area (Å²) in [5.41, 5.74) is 0. The van der Waals surface area contributed by atoms with Crippen LogP contribution in [0.25, 0.3) is 0 Å². The molecule has 1 unspecified atom stereocenters. The molecule has 0 bridgehead atoms. The molecule has 1 fully saturated rings. The molecule has 2 nitrogen and oxygen atoms in total. The zero-order valence-electron chi connectivity index (χ0n) is 5.65. The number of likely N-dealkylation sites (tertiary alicyclic amines) is 1. The normalized spacial score (nSPS) is 24.8. The fourth-order valence-corrected chi connectivity index (χ4v) is 0.911. The van der Waals surface area contributed by atoms with Crippen LogP contribution in [0.15, 0.2) is 0 Å². The summed E-state index contributed by atoms with van der Waals surface area (Å²) in [6, 6.07) is 0. The molecule has 1 N–H and O–H groups in total. The van der Waals surface area contributed by atoms with E-state index in [2.05, 4.69) is 17.1 Å². The van der Waals surface area contributed by atoms with Crippen LogP contribution in [0.3, 0.4) is 0 Å². The molecule has 0 radical (unpaired) electrons. The fraction of sp³-hybridized carbons (Fsp3) is 1.00. The van der Waals surface area contributed by atoms with E-state index in [0.717, 1.165) is 0 Å². The van der Waals surface area contributed by atoms with E-state index < -0.39 is 0 Å². The molecular weight excluding hydrogens is 100 g/mol. The lowest BCUT2D eigenvalue weighted by Gasteiger charge is -2.35. The van der Waals surface area contributed by atoms with Crippen molar-refractivity contribution in [3.05, 3.63) is 0 Å². The summed E-state index contributed by atoms with van der Waals surface area (Å²) < 4.78 is 0. The molecule has 0 aromatic rings. The molecule has 8 heavy (non-hydrogen) atoms. The zero-order chi connectivity index (χ0) is 5.98. The molecule has 0 saturated carbocycles. The third kappa shape index (κ3) is 1.01. The van der Waals surface area contributed by atoms with Crippen LogP contribution in [0.2, 0.25) is 0 Å². The molecule has 48 valence electrons. The van der Waals surface area contributed by atoms with Crippen molar-refractivity contribution >= 4 is 0 Å². The minimum absolute atomic E-state index is 0.587. The Morgan fingerprint density at radius 2 is 2.12 bits per heavy atom. The number of hydrogen-bond acceptors (Lipinski definition) is 2. The predicted molar refractivity (Wildman–Crippen MR) is 34.7 cm³/mol. The van der Waals surface area contributed by atoms with Gasteiger partial charge in [-0.15, -0.1) is 0 Å². The van der Waals surface area contributed by atoms with E-state index in [1.54, 1.807) is 0 Å². The lowest BCUT2D eigenvalue weighted by atomic mass is 10.2. The Bertz CT molecular complexity index is 66.2. The van der Waals surface area contributed by atoms with Crippen molar-refractivity contribution in [2.75, 3.05) is 20.1 Å². The van der Waals surface area contributed by atoms with Crippen molar-refractivity contribution in [1.82, 2.24) is 10.2 Å². The van der Waals surface area contributed by atoms with Crippen molar-refractivity contribution < 1.29 is 0 Å². The minimum Gasteiger partial charge on any atom is -0.305 e. The second-order valence-electron chi connectivity index (χ2n) is 2.35. The molecule has 0 spiro atoms. The second-order valence-corrected chi connectivity index (χ2v) is 2.35. The first-order valence-electron chi connectivity index (χ1n) is 3.26. The number of rotatable bonds is 2. The largest absolute Gasteiger partial charge is 0.305 e. The van der Waals surface area contributed by atoms with Gasteiger partial charge in [-0.2, -0.15) is 0 Å². The highest BCUT2D eigenvalue weighted by Gasteiger charge is 2.17. The van der Waals surface area contributed by atoms with E-state index in [1.807, 2.05) is 7.05 Å². The van der Waals surface area contributed by atoms with E-state index in [0.29, 0.717) is 6.17 Å². The molecule has 2 heteroatoms. The first kappa shape index (κ1) is 6.05. The van der Waals surface area contributed by atoms with E-state index in [9.17, 15) is 0 Å². The Balaban J connectivity index is 2.13. The Labute approximate surface area is 50.9 Å². The molecule has 0 aliphatic carbocycles. The minimum atomic E-state index is 0.587. The first-order valence-corrected chi connectivity index (χ1v) is 3.26. The highest BCUT2D eigenvalue weighted by Crippen LogP contribution is 2.07. The van der Waals surface area contributed by atoms with E-state index in [4.69, 9.17) is 0 Å².